The van der Waals surface area contributed by atoms with Crippen molar-refractivity contribution in [1.82, 2.24) is 10.2 Å². The standard InChI is InChI=1S/C19H27ClN2O5/c1-19(2,3)27-18(24)22-10-9-21-15(12-22)8-11-25-17(23)13-26-16-6-4-14(20)5-7-16/h4-7,15,21H,8-13H2,1-3H3. The fraction of sp³-hybridized carbons (Fsp3) is 0.579. The lowest BCUT2D eigenvalue weighted by atomic mass is 10.1. The topological polar surface area (TPSA) is 77.1 Å². The first-order valence-corrected chi connectivity index (χ1v) is 9.36. The van der Waals surface area contributed by atoms with Crippen LogP contribution in [0.1, 0.15) is 27.2 Å². The van der Waals surface area contributed by atoms with E-state index in [2.05, 4.69) is 5.32 Å². The molecule has 1 unspecified atom stereocenters. The number of halogens is 1. The van der Waals surface area contributed by atoms with Crippen LogP contribution in [0.5, 0.6) is 5.75 Å². The van der Waals surface area contributed by atoms with Crippen molar-refractivity contribution < 1.29 is 23.8 Å². The van der Waals surface area contributed by atoms with Crippen molar-refractivity contribution in [3.8, 4) is 5.75 Å². The van der Waals surface area contributed by atoms with Gasteiger partial charge in [-0.1, -0.05) is 11.6 Å². The van der Waals surface area contributed by atoms with Gasteiger partial charge in [-0.15, -0.1) is 0 Å². The van der Waals surface area contributed by atoms with Gasteiger partial charge in [-0.05, 0) is 51.5 Å². The molecule has 1 aromatic carbocycles. The molecule has 1 amide bonds. The molecule has 0 aliphatic carbocycles. The zero-order chi connectivity index (χ0) is 19.9. The van der Waals surface area contributed by atoms with E-state index >= 15 is 0 Å². The Balaban J connectivity index is 1.66. The second kappa shape index (κ2) is 9.80. The lowest BCUT2D eigenvalue weighted by Gasteiger charge is -2.34. The van der Waals surface area contributed by atoms with Gasteiger partial charge >= 0.3 is 12.1 Å². The van der Waals surface area contributed by atoms with Crippen LogP contribution in [0.25, 0.3) is 0 Å². The van der Waals surface area contributed by atoms with E-state index in [1.807, 2.05) is 20.8 Å². The minimum Gasteiger partial charge on any atom is -0.482 e. The smallest absolute Gasteiger partial charge is 0.410 e. The number of carbonyl (C=O) groups excluding carboxylic acids is 2. The minimum absolute atomic E-state index is 0.0521. The minimum atomic E-state index is -0.517. The summed E-state index contributed by atoms with van der Waals surface area (Å²) in [6.07, 6.45) is 0.286. The Labute approximate surface area is 164 Å². The SMILES string of the molecule is CC(C)(C)OC(=O)N1CCNC(CCOC(=O)COc2ccc(Cl)cc2)C1. The molecule has 1 N–H and O–H groups in total. The van der Waals surface area contributed by atoms with E-state index < -0.39 is 11.6 Å². The number of nitrogens with one attached hydrogen (secondary N) is 1. The predicted octanol–water partition coefficient (Wildman–Crippen LogP) is 2.86. The largest absolute Gasteiger partial charge is 0.482 e. The van der Waals surface area contributed by atoms with E-state index in [4.69, 9.17) is 25.8 Å². The molecular weight excluding hydrogens is 372 g/mol. The Morgan fingerprint density at radius 1 is 1.26 bits per heavy atom. The molecule has 1 saturated heterocycles. The van der Waals surface area contributed by atoms with E-state index in [1.54, 1.807) is 29.2 Å². The van der Waals surface area contributed by atoms with Gasteiger partial charge < -0.3 is 24.4 Å². The van der Waals surface area contributed by atoms with Crippen LogP contribution in [0.4, 0.5) is 4.79 Å². The first-order valence-electron chi connectivity index (χ1n) is 8.98. The zero-order valence-corrected chi connectivity index (χ0v) is 16.8. The first kappa shape index (κ1) is 21.3. The molecule has 0 bridgehead atoms. The molecule has 2 rings (SSSR count). The number of benzene rings is 1. The number of carbonyl (C=O) groups is 2. The van der Waals surface area contributed by atoms with Crippen LogP contribution in [0.3, 0.4) is 0 Å². The predicted molar refractivity (Wildman–Crippen MR) is 102 cm³/mol. The molecule has 7 nitrogen and oxygen atoms in total. The summed E-state index contributed by atoms with van der Waals surface area (Å²) in [5.41, 5.74) is -0.517. The van der Waals surface area contributed by atoms with Crippen molar-refractivity contribution in [2.24, 2.45) is 0 Å². The van der Waals surface area contributed by atoms with Gasteiger partial charge in [0, 0.05) is 30.7 Å². The molecule has 1 heterocycles. The molecule has 27 heavy (non-hydrogen) atoms. The van der Waals surface area contributed by atoms with Crippen molar-refractivity contribution in [3.63, 3.8) is 0 Å². The third kappa shape index (κ3) is 8.05. The van der Waals surface area contributed by atoms with E-state index in [1.165, 1.54) is 0 Å². The maximum Gasteiger partial charge on any atom is 0.410 e. The second-order valence-corrected chi connectivity index (χ2v) is 7.77. The van der Waals surface area contributed by atoms with Crippen LogP contribution in [0, 0.1) is 0 Å². The van der Waals surface area contributed by atoms with Crippen molar-refractivity contribution in [2.75, 3.05) is 32.8 Å². The highest BCUT2D eigenvalue weighted by molar-refractivity contribution is 6.30. The first-order chi connectivity index (χ1) is 12.7. The third-order valence-corrected chi connectivity index (χ3v) is 4.06. The highest BCUT2D eigenvalue weighted by Gasteiger charge is 2.27. The third-order valence-electron chi connectivity index (χ3n) is 3.81. The van der Waals surface area contributed by atoms with Gasteiger partial charge in [-0.3, -0.25) is 0 Å². The van der Waals surface area contributed by atoms with Gasteiger partial charge in [0.1, 0.15) is 11.4 Å². The van der Waals surface area contributed by atoms with Gasteiger partial charge in [-0.2, -0.15) is 0 Å². The highest BCUT2D eigenvalue weighted by Crippen LogP contribution is 2.15. The van der Waals surface area contributed by atoms with E-state index in [9.17, 15) is 9.59 Å². The molecule has 0 spiro atoms. The molecule has 1 aromatic rings. The van der Waals surface area contributed by atoms with Gasteiger partial charge in [0.05, 0.1) is 6.61 Å². The Kier molecular flexibility index (Phi) is 7.74. The Morgan fingerprint density at radius 3 is 2.63 bits per heavy atom. The molecule has 8 heteroatoms. The number of hydrogen-bond acceptors (Lipinski definition) is 6. The van der Waals surface area contributed by atoms with Crippen LogP contribution in [0.2, 0.25) is 5.02 Å². The Hall–Kier alpha value is -1.99. The van der Waals surface area contributed by atoms with Crippen LogP contribution in [-0.2, 0) is 14.3 Å². The monoisotopic (exact) mass is 398 g/mol. The van der Waals surface area contributed by atoms with Gasteiger partial charge in [0.25, 0.3) is 0 Å². The molecular formula is C19H27ClN2O5. The van der Waals surface area contributed by atoms with E-state index in [0.29, 0.717) is 36.8 Å². The van der Waals surface area contributed by atoms with Gasteiger partial charge in [0.2, 0.25) is 0 Å². The van der Waals surface area contributed by atoms with Crippen molar-refractivity contribution in [2.45, 2.75) is 38.8 Å². The summed E-state index contributed by atoms with van der Waals surface area (Å²) >= 11 is 5.79. The second-order valence-electron chi connectivity index (χ2n) is 7.33. The van der Waals surface area contributed by atoms with Gasteiger partial charge in [0.15, 0.2) is 6.61 Å². The number of esters is 1. The summed E-state index contributed by atoms with van der Waals surface area (Å²) in [4.78, 5) is 25.6. The maximum atomic E-state index is 12.1. The van der Waals surface area contributed by atoms with Crippen molar-refractivity contribution in [1.29, 1.82) is 0 Å². The summed E-state index contributed by atoms with van der Waals surface area (Å²) in [7, 11) is 0. The highest BCUT2D eigenvalue weighted by atomic mass is 35.5. The molecule has 0 aromatic heterocycles. The van der Waals surface area contributed by atoms with E-state index in [0.717, 1.165) is 0 Å². The quantitative estimate of drug-likeness (QED) is 0.742. The lowest BCUT2D eigenvalue weighted by Crippen LogP contribution is -2.53. The number of nitrogens with zero attached hydrogens (tertiary/aromatic N) is 1. The summed E-state index contributed by atoms with van der Waals surface area (Å²) in [6, 6.07) is 6.80. The summed E-state index contributed by atoms with van der Waals surface area (Å²) < 4.78 is 15.9. The van der Waals surface area contributed by atoms with Crippen LogP contribution < -0.4 is 10.1 Å². The fourth-order valence-corrected chi connectivity index (χ4v) is 2.67. The molecule has 1 aliphatic rings. The fourth-order valence-electron chi connectivity index (χ4n) is 2.54. The number of amides is 1. The zero-order valence-electron chi connectivity index (χ0n) is 16.0. The summed E-state index contributed by atoms with van der Waals surface area (Å²) in [6.45, 7) is 7.42. The average molecular weight is 399 g/mol. The van der Waals surface area contributed by atoms with Crippen LogP contribution >= 0.6 is 11.6 Å². The maximum absolute atomic E-state index is 12.1. The molecule has 1 atom stereocenters. The number of piperazine rings is 1. The Morgan fingerprint density at radius 2 is 1.96 bits per heavy atom. The summed E-state index contributed by atoms with van der Waals surface area (Å²) in [5, 5.41) is 3.92. The molecule has 0 saturated carbocycles. The van der Waals surface area contributed by atoms with Gasteiger partial charge in [-0.25, -0.2) is 9.59 Å². The number of rotatable bonds is 6. The molecule has 0 radical (unpaired) electrons. The summed E-state index contributed by atoms with van der Waals surface area (Å²) in [5.74, 6) is 0.114. The lowest BCUT2D eigenvalue weighted by molar-refractivity contribution is -0.146. The average Bonchev–Trinajstić information content (AvgIpc) is 2.60. The van der Waals surface area contributed by atoms with Crippen molar-refractivity contribution >= 4 is 23.7 Å². The molecule has 1 fully saturated rings. The molecule has 150 valence electrons. The normalized spacial score (nSPS) is 17.3. The van der Waals surface area contributed by atoms with E-state index in [-0.39, 0.29) is 25.3 Å². The Bertz CT molecular complexity index is 630. The van der Waals surface area contributed by atoms with Crippen LogP contribution in [0.15, 0.2) is 24.3 Å². The number of hydrogen-bond donors (Lipinski definition) is 1. The van der Waals surface area contributed by atoms with Crippen LogP contribution in [-0.4, -0.2) is 61.5 Å². The molecule has 1 aliphatic heterocycles. The van der Waals surface area contributed by atoms with Crippen molar-refractivity contribution in [3.05, 3.63) is 29.3 Å². The number of ether oxygens (including phenoxy) is 3.